The Balaban J connectivity index is 1.45. The van der Waals surface area contributed by atoms with Crippen molar-refractivity contribution >= 4 is 23.0 Å². The normalized spacial score (nSPS) is 21.2. The van der Waals surface area contributed by atoms with Crippen molar-refractivity contribution in [3.63, 3.8) is 0 Å². The highest BCUT2D eigenvalue weighted by Crippen LogP contribution is 2.42. The molecule has 0 spiro atoms. The Morgan fingerprint density at radius 1 is 1.29 bits per heavy atom. The number of ether oxygens (including phenoxy) is 1. The first-order valence-electron chi connectivity index (χ1n) is 12.9. The fourth-order valence-electron chi connectivity index (χ4n) is 5.32. The summed E-state index contributed by atoms with van der Waals surface area (Å²) in [5.74, 6) is -3.70. The summed E-state index contributed by atoms with van der Waals surface area (Å²) < 4.78 is 80.1. The number of aryl methyl sites for hydroxylation is 1. The van der Waals surface area contributed by atoms with Crippen LogP contribution in [0, 0.1) is 5.92 Å². The number of halogens is 5. The molecule has 41 heavy (non-hydrogen) atoms. The molecule has 1 aromatic carbocycles. The molecular formula is C25H28F5N7O4. The molecule has 1 saturated heterocycles. The molecule has 3 amide bonds. The highest BCUT2D eigenvalue weighted by atomic mass is 19.4. The van der Waals surface area contributed by atoms with Crippen molar-refractivity contribution in [3.8, 4) is 0 Å². The van der Waals surface area contributed by atoms with Crippen LogP contribution in [-0.4, -0.2) is 75.0 Å². The van der Waals surface area contributed by atoms with E-state index in [1.807, 2.05) is 5.32 Å². The third-order valence-corrected chi connectivity index (χ3v) is 7.55. The van der Waals surface area contributed by atoms with E-state index in [0.29, 0.717) is 16.7 Å². The van der Waals surface area contributed by atoms with E-state index >= 15 is 0 Å². The SMILES string of the molecule is COC[C@H](c1ccc2oc([C@@H](NC(=O)c3ncnn3C)C3CCC(F)(F)CC3)nc2c1)N1C[C@@H](C(F)(F)F)NC1=O. The van der Waals surface area contributed by atoms with Crippen LogP contribution < -0.4 is 10.6 Å². The van der Waals surface area contributed by atoms with Crippen molar-refractivity contribution in [1.29, 1.82) is 0 Å². The van der Waals surface area contributed by atoms with Gasteiger partial charge in [-0.05, 0) is 36.5 Å². The van der Waals surface area contributed by atoms with E-state index in [1.54, 1.807) is 18.2 Å². The van der Waals surface area contributed by atoms with Gasteiger partial charge in [-0.25, -0.2) is 28.2 Å². The van der Waals surface area contributed by atoms with E-state index in [-0.39, 0.29) is 44.0 Å². The molecule has 1 saturated carbocycles. The van der Waals surface area contributed by atoms with Gasteiger partial charge in [-0.1, -0.05) is 6.07 Å². The van der Waals surface area contributed by atoms with Crippen LogP contribution in [0.1, 0.15) is 59.8 Å². The molecule has 0 radical (unpaired) electrons. The number of aromatic nitrogens is 4. The molecule has 3 atom stereocenters. The highest BCUT2D eigenvalue weighted by Gasteiger charge is 2.48. The highest BCUT2D eigenvalue weighted by molar-refractivity contribution is 5.90. The van der Waals surface area contributed by atoms with Gasteiger partial charge in [0.2, 0.25) is 17.6 Å². The van der Waals surface area contributed by atoms with Crippen LogP contribution in [0.4, 0.5) is 26.7 Å². The second-order valence-electron chi connectivity index (χ2n) is 10.3. The molecule has 3 aromatic rings. The number of nitrogens with zero attached hydrogens (tertiary/aromatic N) is 5. The Hall–Kier alpha value is -3.82. The predicted octanol–water partition coefficient (Wildman–Crippen LogP) is 3.90. The standard InChI is InChI=1S/C25H28F5N7O4/c1-36-20(31-12-32-36)21(38)35-19(13-5-7-24(26,27)8-6-13)22-33-15-9-14(3-4-17(15)41-22)16(11-40-2)37-10-18(25(28,29)30)34-23(37)39/h3-4,9,12-13,16,18-19H,5-8,10-11H2,1-2H3,(H,34,39)(H,35,38)/t16-,18+,19+/m1/s1. The number of benzene rings is 1. The summed E-state index contributed by atoms with van der Waals surface area (Å²) in [6, 6.07) is 0.0891. The molecule has 0 unspecified atom stereocenters. The topological polar surface area (TPSA) is 127 Å². The minimum Gasteiger partial charge on any atom is -0.438 e. The van der Waals surface area contributed by atoms with Crippen LogP contribution in [0.3, 0.4) is 0 Å². The largest absolute Gasteiger partial charge is 0.438 e. The zero-order valence-electron chi connectivity index (χ0n) is 22.1. The van der Waals surface area contributed by atoms with Gasteiger partial charge in [0.05, 0.1) is 19.2 Å². The summed E-state index contributed by atoms with van der Waals surface area (Å²) in [6.45, 7) is -0.679. The smallest absolute Gasteiger partial charge is 0.410 e. The van der Waals surface area contributed by atoms with Gasteiger partial charge in [0.1, 0.15) is 23.9 Å². The fourth-order valence-corrected chi connectivity index (χ4v) is 5.32. The predicted molar refractivity (Wildman–Crippen MR) is 132 cm³/mol. The van der Waals surface area contributed by atoms with Gasteiger partial charge < -0.3 is 24.7 Å². The number of fused-ring (bicyclic) bond motifs is 1. The van der Waals surface area contributed by atoms with Crippen LogP contribution in [0.25, 0.3) is 11.1 Å². The Kier molecular flexibility index (Phi) is 7.61. The van der Waals surface area contributed by atoms with Crippen LogP contribution in [0.15, 0.2) is 28.9 Å². The fraction of sp³-hybridized carbons (Fsp3) is 0.560. The summed E-state index contributed by atoms with van der Waals surface area (Å²) in [5.41, 5.74) is 1.07. The van der Waals surface area contributed by atoms with E-state index in [2.05, 4.69) is 20.4 Å². The zero-order valence-corrected chi connectivity index (χ0v) is 22.1. The second kappa shape index (κ2) is 10.9. The second-order valence-corrected chi connectivity index (χ2v) is 10.3. The number of urea groups is 1. The molecule has 2 aliphatic rings. The number of carbonyl (C=O) groups is 2. The van der Waals surface area contributed by atoms with Crippen molar-refractivity contribution in [3.05, 3.63) is 41.8 Å². The lowest BCUT2D eigenvalue weighted by molar-refractivity contribution is -0.150. The lowest BCUT2D eigenvalue weighted by Crippen LogP contribution is -2.40. The van der Waals surface area contributed by atoms with Crippen molar-refractivity contribution in [2.45, 2.75) is 55.9 Å². The minimum absolute atomic E-state index is 0.0120. The Morgan fingerprint density at radius 3 is 2.63 bits per heavy atom. The molecule has 2 fully saturated rings. The average Bonchev–Trinajstić information content (AvgIpc) is 3.63. The summed E-state index contributed by atoms with van der Waals surface area (Å²) in [7, 11) is 2.90. The molecule has 2 aromatic heterocycles. The number of nitrogens with one attached hydrogen (secondary N) is 2. The van der Waals surface area contributed by atoms with E-state index in [1.165, 1.54) is 25.2 Å². The monoisotopic (exact) mass is 585 g/mol. The van der Waals surface area contributed by atoms with E-state index < -0.39 is 54.6 Å². The lowest BCUT2D eigenvalue weighted by Gasteiger charge is -2.32. The molecule has 3 heterocycles. The number of carbonyl (C=O) groups excluding carboxylic acids is 2. The van der Waals surface area contributed by atoms with Gasteiger partial charge >= 0.3 is 12.2 Å². The zero-order chi connectivity index (χ0) is 29.5. The lowest BCUT2D eigenvalue weighted by atomic mass is 9.82. The molecule has 16 heteroatoms. The first-order valence-corrected chi connectivity index (χ1v) is 12.9. The van der Waals surface area contributed by atoms with Gasteiger partial charge in [-0.2, -0.15) is 18.3 Å². The number of methoxy groups -OCH3 is 1. The Morgan fingerprint density at radius 2 is 2.02 bits per heavy atom. The van der Waals surface area contributed by atoms with Crippen LogP contribution in [-0.2, 0) is 11.8 Å². The summed E-state index contributed by atoms with van der Waals surface area (Å²) >= 11 is 0. The van der Waals surface area contributed by atoms with Gasteiger partial charge in [0.25, 0.3) is 5.91 Å². The number of hydrogen-bond acceptors (Lipinski definition) is 7. The summed E-state index contributed by atoms with van der Waals surface area (Å²) in [6.07, 6.45) is -3.88. The third-order valence-electron chi connectivity index (χ3n) is 7.55. The first kappa shape index (κ1) is 28.7. The number of rotatable bonds is 8. The van der Waals surface area contributed by atoms with Crippen LogP contribution in [0.2, 0.25) is 0 Å². The summed E-state index contributed by atoms with van der Waals surface area (Å²) in [5, 5.41) is 8.65. The van der Waals surface area contributed by atoms with Crippen molar-refractivity contribution in [1.82, 2.24) is 35.3 Å². The van der Waals surface area contributed by atoms with Crippen LogP contribution >= 0.6 is 0 Å². The number of oxazole rings is 1. The van der Waals surface area contributed by atoms with Gasteiger partial charge in [-0.15, -0.1) is 0 Å². The quantitative estimate of drug-likeness (QED) is 0.384. The Bertz CT molecular complexity index is 1410. The molecule has 1 aliphatic carbocycles. The van der Waals surface area contributed by atoms with Crippen molar-refractivity contribution in [2.24, 2.45) is 13.0 Å². The molecule has 0 bridgehead atoms. The number of amides is 3. The average molecular weight is 586 g/mol. The van der Waals surface area contributed by atoms with E-state index in [0.717, 1.165) is 4.90 Å². The van der Waals surface area contributed by atoms with E-state index in [4.69, 9.17) is 9.15 Å². The van der Waals surface area contributed by atoms with Gasteiger partial charge in [0.15, 0.2) is 5.58 Å². The van der Waals surface area contributed by atoms with Crippen LogP contribution in [0.5, 0.6) is 0 Å². The molecular weight excluding hydrogens is 557 g/mol. The maximum Gasteiger partial charge on any atom is 0.410 e. The van der Waals surface area contributed by atoms with Crippen molar-refractivity contribution in [2.75, 3.05) is 20.3 Å². The number of alkyl halides is 5. The molecule has 11 nitrogen and oxygen atoms in total. The first-order chi connectivity index (χ1) is 19.4. The minimum atomic E-state index is -4.61. The van der Waals surface area contributed by atoms with Gasteiger partial charge in [-0.3, -0.25) is 4.79 Å². The van der Waals surface area contributed by atoms with E-state index in [9.17, 15) is 31.5 Å². The maximum absolute atomic E-state index is 13.9. The number of hydrogen-bond donors (Lipinski definition) is 2. The molecule has 2 N–H and O–H groups in total. The molecule has 1 aliphatic heterocycles. The maximum atomic E-state index is 13.9. The molecule has 5 rings (SSSR count). The summed E-state index contributed by atoms with van der Waals surface area (Å²) in [4.78, 5) is 35.0. The van der Waals surface area contributed by atoms with Crippen molar-refractivity contribution < 1.29 is 40.7 Å². The van der Waals surface area contributed by atoms with Gasteiger partial charge in [0, 0.05) is 27.0 Å². The third kappa shape index (κ3) is 5.96. The molecule has 222 valence electrons. The Labute approximate surface area is 230 Å².